The highest BCUT2D eigenvalue weighted by Crippen LogP contribution is 2.16. The fraction of sp³-hybridized carbons (Fsp3) is 0.200. The fourth-order valence-corrected chi connectivity index (χ4v) is 1.22. The highest BCUT2D eigenvalue weighted by atomic mass is 19.1. The third-order valence-corrected chi connectivity index (χ3v) is 1.92. The minimum absolute atomic E-state index is 0.232. The number of amides is 1. The third kappa shape index (κ3) is 3.38. The van der Waals surface area contributed by atoms with Crippen LogP contribution in [0.3, 0.4) is 0 Å². The van der Waals surface area contributed by atoms with E-state index in [2.05, 4.69) is 5.32 Å². The Labute approximate surface area is 85.7 Å². The second-order valence-electron chi connectivity index (χ2n) is 2.99. The van der Waals surface area contributed by atoms with E-state index in [0.717, 1.165) is 0 Å². The molecule has 0 bridgehead atoms. The number of aliphatic carboxylic acids is 1. The minimum atomic E-state index is -1.03. The predicted molar refractivity (Wildman–Crippen MR) is 50.6 cm³/mol. The van der Waals surface area contributed by atoms with Crippen LogP contribution in [0.1, 0.15) is 18.0 Å². The van der Waals surface area contributed by atoms with Gasteiger partial charge in [0.05, 0.1) is 12.5 Å². The molecule has 0 aromatic heterocycles. The Hall–Kier alpha value is -1.91. The Bertz CT molecular complexity index is 350. The van der Waals surface area contributed by atoms with Gasteiger partial charge in [-0.1, -0.05) is 12.1 Å². The van der Waals surface area contributed by atoms with Crippen LogP contribution < -0.4 is 5.32 Å². The van der Waals surface area contributed by atoms with Crippen molar-refractivity contribution >= 4 is 12.4 Å². The van der Waals surface area contributed by atoms with E-state index in [4.69, 9.17) is 5.11 Å². The number of hydrogen-bond acceptors (Lipinski definition) is 2. The monoisotopic (exact) mass is 211 g/mol. The molecule has 1 atom stereocenters. The molecule has 0 aliphatic carbocycles. The Morgan fingerprint density at radius 2 is 2.07 bits per heavy atom. The van der Waals surface area contributed by atoms with Crippen LogP contribution in [0, 0.1) is 5.82 Å². The van der Waals surface area contributed by atoms with E-state index in [0.29, 0.717) is 12.0 Å². The van der Waals surface area contributed by atoms with Crippen LogP contribution in [-0.4, -0.2) is 17.5 Å². The summed E-state index contributed by atoms with van der Waals surface area (Å²) >= 11 is 0. The second-order valence-corrected chi connectivity index (χ2v) is 2.99. The van der Waals surface area contributed by atoms with E-state index in [-0.39, 0.29) is 6.42 Å². The van der Waals surface area contributed by atoms with E-state index in [9.17, 15) is 14.0 Å². The molecule has 1 amide bonds. The molecule has 1 aromatic carbocycles. The van der Waals surface area contributed by atoms with Crippen molar-refractivity contribution in [3.05, 3.63) is 35.6 Å². The van der Waals surface area contributed by atoms with Crippen molar-refractivity contribution in [3.63, 3.8) is 0 Å². The van der Waals surface area contributed by atoms with Crippen LogP contribution in [0.25, 0.3) is 0 Å². The van der Waals surface area contributed by atoms with Crippen LogP contribution >= 0.6 is 0 Å². The molecule has 0 saturated carbocycles. The van der Waals surface area contributed by atoms with Gasteiger partial charge in [0.2, 0.25) is 6.41 Å². The lowest BCUT2D eigenvalue weighted by Crippen LogP contribution is -2.22. The van der Waals surface area contributed by atoms with Gasteiger partial charge in [0.1, 0.15) is 5.82 Å². The summed E-state index contributed by atoms with van der Waals surface area (Å²) in [5.41, 5.74) is 0.561. The lowest BCUT2D eigenvalue weighted by Gasteiger charge is -2.13. The summed E-state index contributed by atoms with van der Waals surface area (Å²) in [6.07, 6.45) is 0.196. The molecule has 2 N–H and O–H groups in total. The average Bonchev–Trinajstić information content (AvgIpc) is 2.17. The first-order valence-electron chi connectivity index (χ1n) is 4.30. The summed E-state index contributed by atoms with van der Waals surface area (Å²) in [7, 11) is 0. The Morgan fingerprint density at radius 1 is 1.47 bits per heavy atom. The molecule has 0 fully saturated rings. The normalized spacial score (nSPS) is 11.8. The number of halogens is 1. The maximum absolute atomic E-state index is 12.6. The number of nitrogens with one attached hydrogen (secondary N) is 1. The van der Waals surface area contributed by atoms with Crippen molar-refractivity contribution in [3.8, 4) is 0 Å². The van der Waals surface area contributed by atoms with Crippen LogP contribution in [0.2, 0.25) is 0 Å². The van der Waals surface area contributed by atoms with Gasteiger partial charge in [-0.25, -0.2) is 4.39 Å². The van der Waals surface area contributed by atoms with Crippen molar-refractivity contribution in [2.24, 2.45) is 0 Å². The number of carbonyl (C=O) groups is 2. The first kappa shape index (κ1) is 11.2. The molecule has 1 rings (SSSR count). The zero-order valence-corrected chi connectivity index (χ0v) is 7.81. The topological polar surface area (TPSA) is 66.4 Å². The lowest BCUT2D eigenvalue weighted by molar-refractivity contribution is -0.137. The maximum atomic E-state index is 12.6. The van der Waals surface area contributed by atoms with Crippen molar-refractivity contribution in [2.45, 2.75) is 12.5 Å². The molecule has 0 heterocycles. The molecule has 5 heteroatoms. The number of carbonyl (C=O) groups excluding carboxylic acids is 1. The highest BCUT2D eigenvalue weighted by Gasteiger charge is 2.14. The van der Waals surface area contributed by atoms with Crippen molar-refractivity contribution in [1.29, 1.82) is 0 Å². The summed E-state index contributed by atoms with van der Waals surface area (Å²) in [6, 6.07) is 4.70. The zero-order valence-electron chi connectivity index (χ0n) is 7.81. The molecule has 1 aromatic rings. The molecule has 0 radical (unpaired) electrons. The Balaban J connectivity index is 2.83. The SMILES string of the molecule is O=CN[C@H](CC(=O)O)c1ccc(F)cc1. The van der Waals surface area contributed by atoms with E-state index < -0.39 is 17.8 Å². The Kier molecular flexibility index (Phi) is 3.79. The van der Waals surface area contributed by atoms with Gasteiger partial charge in [0.15, 0.2) is 0 Å². The second kappa shape index (κ2) is 5.09. The largest absolute Gasteiger partial charge is 0.481 e. The molecule has 0 saturated heterocycles. The average molecular weight is 211 g/mol. The first-order chi connectivity index (χ1) is 7.13. The van der Waals surface area contributed by atoms with E-state index >= 15 is 0 Å². The van der Waals surface area contributed by atoms with Gasteiger partial charge in [0, 0.05) is 0 Å². The van der Waals surface area contributed by atoms with Crippen LogP contribution in [0.5, 0.6) is 0 Å². The number of carboxylic acids is 1. The van der Waals surface area contributed by atoms with Gasteiger partial charge in [0.25, 0.3) is 0 Å². The summed E-state index contributed by atoms with van der Waals surface area (Å²) in [4.78, 5) is 20.8. The number of rotatable bonds is 5. The van der Waals surface area contributed by atoms with E-state index in [1.165, 1.54) is 24.3 Å². The van der Waals surface area contributed by atoms with Gasteiger partial charge in [-0.3, -0.25) is 9.59 Å². The van der Waals surface area contributed by atoms with Gasteiger partial charge in [-0.05, 0) is 17.7 Å². The Morgan fingerprint density at radius 3 is 2.53 bits per heavy atom. The molecular formula is C10H10FNO3. The third-order valence-electron chi connectivity index (χ3n) is 1.92. The minimum Gasteiger partial charge on any atom is -0.481 e. The molecule has 4 nitrogen and oxygen atoms in total. The summed E-state index contributed by atoms with van der Waals surface area (Å²) in [5, 5.41) is 11.0. The molecule has 0 aliphatic heterocycles. The standard InChI is InChI=1S/C10H10FNO3/c11-8-3-1-7(2-4-8)9(12-6-13)5-10(14)15/h1-4,6,9H,5H2,(H,12,13)(H,14,15)/t9-/m1/s1. The van der Waals surface area contributed by atoms with Crippen molar-refractivity contribution in [2.75, 3.05) is 0 Å². The zero-order chi connectivity index (χ0) is 11.3. The van der Waals surface area contributed by atoms with Crippen LogP contribution in [0.15, 0.2) is 24.3 Å². The summed E-state index contributed by atoms with van der Waals surface area (Å²) in [6.45, 7) is 0. The molecule has 80 valence electrons. The van der Waals surface area contributed by atoms with Gasteiger partial charge in [-0.15, -0.1) is 0 Å². The van der Waals surface area contributed by atoms with Gasteiger partial charge < -0.3 is 10.4 Å². The first-order valence-corrected chi connectivity index (χ1v) is 4.30. The number of benzene rings is 1. The molecule has 0 spiro atoms. The fourth-order valence-electron chi connectivity index (χ4n) is 1.22. The highest BCUT2D eigenvalue weighted by molar-refractivity contribution is 5.68. The van der Waals surface area contributed by atoms with E-state index in [1.54, 1.807) is 0 Å². The van der Waals surface area contributed by atoms with Crippen molar-refractivity contribution < 1.29 is 19.1 Å². The quantitative estimate of drug-likeness (QED) is 0.716. The summed E-state index contributed by atoms with van der Waals surface area (Å²) < 4.78 is 12.6. The predicted octanol–water partition coefficient (Wildman–Crippen LogP) is 1.09. The van der Waals surface area contributed by atoms with Gasteiger partial charge in [-0.2, -0.15) is 0 Å². The molecule has 0 aliphatic rings. The molecular weight excluding hydrogens is 201 g/mol. The van der Waals surface area contributed by atoms with Crippen LogP contribution in [-0.2, 0) is 9.59 Å². The summed E-state index contributed by atoms with van der Waals surface area (Å²) in [5.74, 6) is -1.43. The van der Waals surface area contributed by atoms with Crippen molar-refractivity contribution in [1.82, 2.24) is 5.32 Å². The number of carboxylic acid groups (broad SMARTS) is 1. The molecule has 0 unspecified atom stereocenters. The van der Waals surface area contributed by atoms with Gasteiger partial charge >= 0.3 is 5.97 Å². The maximum Gasteiger partial charge on any atom is 0.305 e. The number of hydrogen-bond donors (Lipinski definition) is 2. The smallest absolute Gasteiger partial charge is 0.305 e. The van der Waals surface area contributed by atoms with Crippen LogP contribution in [0.4, 0.5) is 4.39 Å². The van der Waals surface area contributed by atoms with E-state index in [1.807, 2.05) is 0 Å². The molecule has 15 heavy (non-hydrogen) atoms. The lowest BCUT2D eigenvalue weighted by atomic mass is 10.0.